The summed E-state index contributed by atoms with van der Waals surface area (Å²) in [5.41, 5.74) is 0.992. The maximum atomic E-state index is 12.6. The van der Waals surface area contributed by atoms with Crippen LogP contribution in [0.1, 0.15) is 43.7 Å². The summed E-state index contributed by atoms with van der Waals surface area (Å²) in [5.74, 6) is 0.0160. The molecule has 1 fully saturated rings. The Labute approximate surface area is 133 Å². The number of amides is 1. The van der Waals surface area contributed by atoms with Crippen LogP contribution >= 0.6 is 0 Å². The van der Waals surface area contributed by atoms with Crippen molar-refractivity contribution in [1.82, 2.24) is 25.3 Å². The molecule has 22 heavy (non-hydrogen) atoms. The lowest BCUT2D eigenvalue weighted by Crippen LogP contribution is -2.54. The van der Waals surface area contributed by atoms with E-state index in [0.717, 1.165) is 18.4 Å². The van der Waals surface area contributed by atoms with Gasteiger partial charge in [-0.1, -0.05) is 19.3 Å². The van der Waals surface area contributed by atoms with E-state index in [4.69, 9.17) is 0 Å². The summed E-state index contributed by atoms with van der Waals surface area (Å²) >= 11 is 0. The van der Waals surface area contributed by atoms with E-state index in [0.29, 0.717) is 6.54 Å². The summed E-state index contributed by atoms with van der Waals surface area (Å²) in [6.07, 6.45) is 9.71. The van der Waals surface area contributed by atoms with E-state index >= 15 is 0 Å². The molecule has 1 unspecified atom stereocenters. The third kappa shape index (κ3) is 3.67. The number of carbonyl (C=O) groups excluding carboxylic acids is 1. The fourth-order valence-electron chi connectivity index (χ4n) is 3.38. The highest BCUT2D eigenvalue weighted by atomic mass is 16.2. The Kier molecular flexibility index (Phi) is 5.58. The lowest BCUT2D eigenvalue weighted by atomic mass is 9.80. The van der Waals surface area contributed by atoms with Crippen molar-refractivity contribution >= 4 is 5.91 Å². The van der Waals surface area contributed by atoms with Crippen LogP contribution in [0.4, 0.5) is 0 Å². The van der Waals surface area contributed by atoms with E-state index in [1.807, 2.05) is 13.2 Å². The minimum Gasteiger partial charge on any atom is -0.353 e. The molecule has 2 N–H and O–H groups in total. The molecule has 1 aromatic heterocycles. The fraction of sp³-hybridized carbons (Fsp3) is 0.750. The van der Waals surface area contributed by atoms with Gasteiger partial charge in [0.15, 0.2) is 0 Å². The number of hydrogen-bond acceptors (Lipinski definition) is 4. The monoisotopic (exact) mass is 307 g/mol. The van der Waals surface area contributed by atoms with Gasteiger partial charge in [0.05, 0.1) is 6.20 Å². The van der Waals surface area contributed by atoms with Gasteiger partial charge in [-0.25, -0.2) is 0 Å². The van der Waals surface area contributed by atoms with Crippen molar-refractivity contribution in [2.24, 2.45) is 7.05 Å². The molecule has 2 rings (SSSR count). The van der Waals surface area contributed by atoms with E-state index in [2.05, 4.69) is 34.7 Å². The first-order valence-corrected chi connectivity index (χ1v) is 8.09. The molecule has 0 aliphatic heterocycles. The van der Waals surface area contributed by atoms with Crippen molar-refractivity contribution in [1.29, 1.82) is 0 Å². The molecule has 1 heterocycles. The number of rotatable bonds is 6. The number of likely N-dealkylation sites (N-methyl/N-ethyl adjacent to an activating group) is 2. The van der Waals surface area contributed by atoms with Gasteiger partial charge >= 0.3 is 0 Å². The van der Waals surface area contributed by atoms with Gasteiger partial charge in [0, 0.05) is 30.9 Å². The smallest absolute Gasteiger partial charge is 0.241 e. The summed E-state index contributed by atoms with van der Waals surface area (Å²) in [4.78, 5) is 14.8. The van der Waals surface area contributed by atoms with E-state index in [-0.39, 0.29) is 17.5 Å². The van der Waals surface area contributed by atoms with Crippen LogP contribution in [0, 0.1) is 0 Å². The van der Waals surface area contributed by atoms with Gasteiger partial charge < -0.3 is 15.5 Å². The summed E-state index contributed by atoms with van der Waals surface area (Å²) in [5, 5.41) is 10.4. The molecule has 1 aromatic rings. The van der Waals surface area contributed by atoms with Crippen LogP contribution in [0.2, 0.25) is 0 Å². The molecule has 0 radical (unpaired) electrons. The Morgan fingerprint density at radius 3 is 2.59 bits per heavy atom. The quantitative estimate of drug-likeness (QED) is 0.825. The third-order valence-electron chi connectivity index (χ3n) is 4.93. The van der Waals surface area contributed by atoms with E-state index in [9.17, 15) is 4.79 Å². The van der Waals surface area contributed by atoms with Crippen LogP contribution in [0.25, 0.3) is 0 Å². The molecule has 6 heteroatoms. The topological polar surface area (TPSA) is 62.2 Å². The van der Waals surface area contributed by atoms with Gasteiger partial charge in [-0.3, -0.25) is 9.48 Å². The van der Waals surface area contributed by atoms with Crippen molar-refractivity contribution in [2.45, 2.75) is 43.7 Å². The Morgan fingerprint density at radius 2 is 2.09 bits per heavy atom. The Hall–Kier alpha value is -1.40. The van der Waals surface area contributed by atoms with Crippen LogP contribution in [-0.2, 0) is 11.8 Å². The molecule has 1 aliphatic rings. The first kappa shape index (κ1) is 17.0. The fourth-order valence-corrected chi connectivity index (χ4v) is 3.38. The number of nitrogens with one attached hydrogen (secondary N) is 2. The molecule has 1 saturated carbocycles. The van der Waals surface area contributed by atoms with Gasteiger partial charge in [0.25, 0.3) is 0 Å². The minimum atomic E-state index is -0.350. The molecular formula is C16H29N5O. The highest BCUT2D eigenvalue weighted by Gasteiger charge is 2.35. The standard InChI is InChI=1S/C16H29N5O/c1-17-14(13-10-19-21(4)11-13)15(22)18-12-16(20(2)3)8-6-5-7-9-16/h10-11,14,17H,5-9,12H2,1-4H3,(H,18,22). The average Bonchev–Trinajstić information content (AvgIpc) is 2.93. The first-order chi connectivity index (χ1) is 10.5. The molecule has 1 aliphatic carbocycles. The molecule has 0 bridgehead atoms. The Bertz CT molecular complexity index is 490. The molecule has 1 amide bonds. The zero-order valence-electron chi connectivity index (χ0n) is 14.2. The maximum Gasteiger partial charge on any atom is 0.241 e. The first-order valence-electron chi connectivity index (χ1n) is 8.09. The summed E-state index contributed by atoms with van der Waals surface area (Å²) in [7, 11) is 7.90. The highest BCUT2D eigenvalue weighted by molar-refractivity contribution is 5.83. The Morgan fingerprint density at radius 1 is 1.41 bits per heavy atom. The zero-order valence-corrected chi connectivity index (χ0v) is 14.2. The maximum absolute atomic E-state index is 12.6. The molecule has 0 saturated heterocycles. The lowest BCUT2D eigenvalue weighted by Gasteiger charge is -2.43. The third-order valence-corrected chi connectivity index (χ3v) is 4.93. The van der Waals surface area contributed by atoms with Crippen molar-refractivity contribution in [3.8, 4) is 0 Å². The van der Waals surface area contributed by atoms with Gasteiger partial charge in [-0.2, -0.15) is 5.10 Å². The molecule has 1 atom stereocenters. The summed E-state index contributed by atoms with van der Waals surface area (Å²) in [6.45, 7) is 0.706. The normalized spacial score (nSPS) is 19.1. The lowest BCUT2D eigenvalue weighted by molar-refractivity contribution is -0.124. The molecule has 124 valence electrons. The van der Waals surface area contributed by atoms with Crippen LogP contribution in [0.15, 0.2) is 12.4 Å². The summed E-state index contributed by atoms with van der Waals surface area (Å²) < 4.78 is 1.72. The number of nitrogens with zero attached hydrogens (tertiary/aromatic N) is 3. The van der Waals surface area contributed by atoms with E-state index in [1.165, 1.54) is 19.3 Å². The Balaban J connectivity index is 2.00. The molecule has 0 aromatic carbocycles. The number of aromatic nitrogens is 2. The molecule has 6 nitrogen and oxygen atoms in total. The van der Waals surface area contributed by atoms with Gasteiger partial charge in [-0.15, -0.1) is 0 Å². The SMILES string of the molecule is CNC(C(=O)NCC1(N(C)C)CCCCC1)c1cnn(C)c1. The van der Waals surface area contributed by atoms with Gasteiger partial charge in [0.1, 0.15) is 6.04 Å². The average molecular weight is 307 g/mol. The van der Waals surface area contributed by atoms with Crippen molar-refractivity contribution in [3.63, 3.8) is 0 Å². The van der Waals surface area contributed by atoms with Crippen LogP contribution in [-0.4, -0.2) is 53.8 Å². The molecular weight excluding hydrogens is 278 g/mol. The van der Waals surface area contributed by atoms with Crippen LogP contribution in [0.3, 0.4) is 0 Å². The van der Waals surface area contributed by atoms with E-state index < -0.39 is 0 Å². The predicted octanol–water partition coefficient (Wildman–Crippen LogP) is 1.06. The summed E-state index contributed by atoms with van der Waals surface area (Å²) in [6, 6.07) is -0.350. The predicted molar refractivity (Wildman–Crippen MR) is 87.5 cm³/mol. The number of hydrogen-bond donors (Lipinski definition) is 2. The van der Waals surface area contributed by atoms with Crippen LogP contribution in [0.5, 0.6) is 0 Å². The second-order valence-electron chi connectivity index (χ2n) is 6.57. The van der Waals surface area contributed by atoms with Gasteiger partial charge in [-0.05, 0) is 34.0 Å². The van der Waals surface area contributed by atoms with Crippen molar-refractivity contribution in [3.05, 3.63) is 18.0 Å². The van der Waals surface area contributed by atoms with E-state index in [1.54, 1.807) is 17.9 Å². The number of aryl methyl sites for hydroxylation is 1. The number of carbonyl (C=O) groups is 1. The molecule has 0 spiro atoms. The highest BCUT2D eigenvalue weighted by Crippen LogP contribution is 2.31. The largest absolute Gasteiger partial charge is 0.353 e. The van der Waals surface area contributed by atoms with Gasteiger partial charge in [0.2, 0.25) is 5.91 Å². The second kappa shape index (κ2) is 7.24. The van der Waals surface area contributed by atoms with Crippen molar-refractivity contribution < 1.29 is 4.79 Å². The van der Waals surface area contributed by atoms with Crippen molar-refractivity contribution in [2.75, 3.05) is 27.7 Å². The zero-order chi connectivity index (χ0) is 16.2. The minimum absolute atomic E-state index is 0.0160. The second-order valence-corrected chi connectivity index (χ2v) is 6.57. The van der Waals surface area contributed by atoms with Crippen LogP contribution < -0.4 is 10.6 Å².